The molecular weight excluding hydrogens is 212 g/mol. The highest BCUT2D eigenvalue weighted by atomic mass is 16.5. The van der Waals surface area contributed by atoms with Gasteiger partial charge in [-0.05, 0) is 13.3 Å². The number of hydrogen-bond donors (Lipinski definition) is 2. The maximum atomic E-state index is 11.5. The Morgan fingerprint density at radius 1 is 1.50 bits per heavy atom. The van der Waals surface area contributed by atoms with Crippen LogP contribution in [0.2, 0.25) is 0 Å². The van der Waals surface area contributed by atoms with Gasteiger partial charge in [-0.25, -0.2) is 4.79 Å². The van der Waals surface area contributed by atoms with Crippen molar-refractivity contribution < 1.29 is 19.4 Å². The molecule has 0 rings (SSSR count). The molecule has 0 saturated carbocycles. The summed E-state index contributed by atoms with van der Waals surface area (Å²) in [6.45, 7) is 2.73. The average Bonchev–Trinajstić information content (AvgIpc) is 2.24. The quantitative estimate of drug-likeness (QED) is 0.671. The van der Waals surface area contributed by atoms with Crippen molar-refractivity contribution in [3.63, 3.8) is 0 Å². The van der Waals surface area contributed by atoms with Crippen LogP contribution < -0.4 is 5.32 Å². The molecule has 0 fully saturated rings. The van der Waals surface area contributed by atoms with Gasteiger partial charge in [-0.3, -0.25) is 4.79 Å². The molecule has 1 atom stereocenters. The van der Waals surface area contributed by atoms with Crippen LogP contribution in [0, 0.1) is 0 Å². The SMILES string of the molecule is COC(C)CNC(=O)N(C)CCCC(=O)O. The van der Waals surface area contributed by atoms with E-state index >= 15 is 0 Å². The van der Waals surface area contributed by atoms with E-state index in [9.17, 15) is 9.59 Å². The van der Waals surface area contributed by atoms with Crippen molar-refractivity contribution in [2.75, 3.05) is 27.2 Å². The fraction of sp³-hybridized carbons (Fsp3) is 0.800. The van der Waals surface area contributed by atoms with E-state index < -0.39 is 5.97 Å². The highest BCUT2D eigenvalue weighted by Gasteiger charge is 2.09. The first-order valence-corrected chi connectivity index (χ1v) is 5.21. The average molecular weight is 232 g/mol. The maximum Gasteiger partial charge on any atom is 0.317 e. The van der Waals surface area contributed by atoms with Crippen molar-refractivity contribution in [1.29, 1.82) is 0 Å². The van der Waals surface area contributed by atoms with E-state index in [1.54, 1.807) is 14.2 Å². The van der Waals surface area contributed by atoms with Crippen LogP contribution in [0.5, 0.6) is 0 Å². The molecule has 0 aromatic rings. The number of carboxylic acids is 1. The number of nitrogens with zero attached hydrogens (tertiary/aromatic N) is 1. The predicted molar refractivity (Wildman–Crippen MR) is 59.4 cm³/mol. The molecule has 0 spiro atoms. The summed E-state index contributed by atoms with van der Waals surface area (Å²) >= 11 is 0. The minimum Gasteiger partial charge on any atom is -0.481 e. The number of carbonyl (C=O) groups excluding carboxylic acids is 1. The zero-order valence-electron chi connectivity index (χ0n) is 10.0. The molecule has 16 heavy (non-hydrogen) atoms. The Morgan fingerprint density at radius 2 is 2.12 bits per heavy atom. The molecule has 0 aromatic carbocycles. The molecule has 1 unspecified atom stereocenters. The van der Waals surface area contributed by atoms with E-state index in [-0.39, 0.29) is 18.6 Å². The first kappa shape index (κ1) is 14.7. The lowest BCUT2D eigenvalue weighted by molar-refractivity contribution is -0.137. The summed E-state index contributed by atoms with van der Waals surface area (Å²) in [7, 11) is 3.21. The van der Waals surface area contributed by atoms with E-state index in [0.29, 0.717) is 19.5 Å². The van der Waals surface area contributed by atoms with Gasteiger partial charge in [0.05, 0.1) is 6.10 Å². The first-order valence-electron chi connectivity index (χ1n) is 5.21. The molecular formula is C10H20N2O4. The summed E-state index contributed by atoms with van der Waals surface area (Å²) in [4.78, 5) is 23.2. The number of aliphatic carboxylic acids is 1. The smallest absolute Gasteiger partial charge is 0.317 e. The van der Waals surface area contributed by atoms with Crippen LogP contribution in [0.3, 0.4) is 0 Å². The molecule has 2 N–H and O–H groups in total. The summed E-state index contributed by atoms with van der Waals surface area (Å²) in [6.07, 6.45) is 0.502. The largest absolute Gasteiger partial charge is 0.481 e. The van der Waals surface area contributed by atoms with Gasteiger partial charge in [-0.2, -0.15) is 0 Å². The van der Waals surface area contributed by atoms with Crippen molar-refractivity contribution in [2.45, 2.75) is 25.9 Å². The number of amides is 2. The fourth-order valence-electron chi connectivity index (χ4n) is 1.02. The van der Waals surface area contributed by atoms with E-state index in [1.807, 2.05) is 6.92 Å². The number of carbonyl (C=O) groups is 2. The molecule has 0 bridgehead atoms. The number of methoxy groups -OCH3 is 1. The highest BCUT2D eigenvalue weighted by Crippen LogP contribution is 1.94. The van der Waals surface area contributed by atoms with Gasteiger partial charge in [0.1, 0.15) is 0 Å². The summed E-state index contributed by atoms with van der Waals surface area (Å²) in [5.41, 5.74) is 0. The molecule has 0 aliphatic rings. The molecule has 6 nitrogen and oxygen atoms in total. The third-order valence-corrected chi connectivity index (χ3v) is 2.17. The van der Waals surface area contributed by atoms with Crippen LogP contribution >= 0.6 is 0 Å². The highest BCUT2D eigenvalue weighted by molar-refractivity contribution is 5.74. The standard InChI is InChI=1S/C10H20N2O4/c1-8(16-3)7-11-10(15)12(2)6-4-5-9(13)14/h8H,4-7H2,1-3H3,(H,11,15)(H,13,14). The summed E-state index contributed by atoms with van der Waals surface area (Å²) in [6, 6.07) is -0.214. The van der Waals surface area contributed by atoms with Crippen LogP contribution in [0.1, 0.15) is 19.8 Å². The van der Waals surface area contributed by atoms with Crippen molar-refractivity contribution in [3.8, 4) is 0 Å². The molecule has 6 heteroatoms. The van der Waals surface area contributed by atoms with Crippen molar-refractivity contribution in [3.05, 3.63) is 0 Å². The molecule has 0 aromatic heterocycles. The molecule has 0 radical (unpaired) electrons. The Labute approximate surface area is 95.6 Å². The number of ether oxygens (including phenoxy) is 1. The van der Waals surface area contributed by atoms with Crippen LogP contribution in [-0.4, -0.2) is 55.4 Å². The fourth-order valence-corrected chi connectivity index (χ4v) is 1.02. The molecule has 0 heterocycles. The normalized spacial score (nSPS) is 11.9. The van der Waals surface area contributed by atoms with Crippen LogP contribution in [-0.2, 0) is 9.53 Å². The zero-order valence-corrected chi connectivity index (χ0v) is 10.0. The number of urea groups is 1. The monoisotopic (exact) mass is 232 g/mol. The van der Waals surface area contributed by atoms with E-state index in [1.165, 1.54) is 4.90 Å². The summed E-state index contributed by atoms with van der Waals surface area (Å²) in [5, 5.41) is 11.1. The topological polar surface area (TPSA) is 78.9 Å². The summed E-state index contributed by atoms with van der Waals surface area (Å²) < 4.78 is 4.98. The van der Waals surface area contributed by atoms with Crippen LogP contribution in [0.15, 0.2) is 0 Å². The lowest BCUT2D eigenvalue weighted by atomic mass is 10.3. The Hall–Kier alpha value is -1.30. The number of carboxylic acid groups (broad SMARTS) is 1. The van der Waals surface area contributed by atoms with Gasteiger partial charge in [0.2, 0.25) is 0 Å². The third-order valence-electron chi connectivity index (χ3n) is 2.17. The van der Waals surface area contributed by atoms with Crippen LogP contribution in [0.25, 0.3) is 0 Å². The van der Waals surface area contributed by atoms with Gasteiger partial charge in [0.15, 0.2) is 0 Å². The van der Waals surface area contributed by atoms with E-state index in [0.717, 1.165) is 0 Å². The van der Waals surface area contributed by atoms with Gasteiger partial charge >= 0.3 is 12.0 Å². The Morgan fingerprint density at radius 3 is 2.62 bits per heavy atom. The number of nitrogens with one attached hydrogen (secondary N) is 1. The molecule has 0 aliphatic heterocycles. The Kier molecular flexibility index (Phi) is 7.28. The van der Waals surface area contributed by atoms with Crippen molar-refractivity contribution in [2.24, 2.45) is 0 Å². The van der Waals surface area contributed by atoms with E-state index in [2.05, 4.69) is 5.32 Å². The van der Waals surface area contributed by atoms with Gasteiger partial charge in [-0.15, -0.1) is 0 Å². The van der Waals surface area contributed by atoms with Gasteiger partial charge < -0.3 is 20.1 Å². The summed E-state index contributed by atoms with van der Waals surface area (Å²) in [5.74, 6) is -0.846. The zero-order chi connectivity index (χ0) is 12.6. The predicted octanol–water partition coefficient (Wildman–Crippen LogP) is 0.527. The van der Waals surface area contributed by atoms with Gasteiger partial charge in [0.25, 0.3) is 0 Å². The van der Waals surface area contributed by atoms with Crippen LogP contribution in [0.4, 0.5) is 4.79 Å². The molecule has 94 valence electrons. The Bertz CT molecular complexity index is 233. The third kappa shape index (κ3) is 7.05. The molecule has 0 saturated heterocycles. The number of rotatable bonds is 7. The molecule has 0 aliphatic carbocycles. The van der Waals surface area contributed by atoms with Gasteiger partial charge in [0, 0.05) is 33.7 Å². The lowest BCUT2D eigenvalue weighted by Crippen LogP contribution is -2.41. The second-order valence-electron chi connectivity index (χ2n) is 3.65. The first-order chi connectivity index (χ1) is 7.47. The minimum absolute atomic E-state index is 0.0311. The lowest BCUT2D eigenvalue weighted by Gasteiger charge is -2.18. The second kappa shape index (κ2) is 7.92. The van der Waals surface area contributed by atoms with E-state index in [4.69, 9.17) is 9.84 Å². The molecule has 2 amide bonds. The van der Waals surface area contributed by atoms with Crippen molar-refractivity contribution in [1.82, 2.24) is 10.2 Å². The number of hydrogen-bond acceptors (Lipinski definition) is 3. The Balaban J connectivity index is 3.69. The maximum absolute atomic E-state index is 11.5. The van der Waals surface area contributed by atoms with Gasteiger partial charge in [-0.1, -0.05) is 0 Å². The minimum atomic E-state index is -0.846. The second-order valence-corrected chi connectivity index (χ2v) is 3.65. The van der Waals surface area contributed by atoms with Crippen molar-refractivity contribution >= 4 is 12.0 Å².